The number of para-hydroxylation sites is 2. The highest BCUT2D eigenvalue weighted by Gasteiger charge is 2.25. The van der Waals surface area contributed by atoms with Crippen LogP contribution in [0.1, 0.15) is 5.56 Å². The van der Waals surface area contributed by atoms with Crippen molar-refractivity contribution in [1.82, 2.24) is 14.1 Å². The summed E-state index contributed by atoms with van der Waals surface area (Å²) in [6.07, 6.45) is 0. The van der Waals surface area contributed by atoms with Crippen molar-refractivity contribution >= 4 is 108 Å². The van der Waals surface area contributed by atoms with E-state index in [4.69, 9.17) is 4.98 Å². The van der Waals surface area contributed by atoms with E-state index in [-0.39, 0.29) is 0 Å². The van der Waals surface area contributed by atoms with Crippen LogP contribution in [0.3, 0.4) is 0 Å². The maximum absolute atomic E-state index is 5.91. The fraction of sp³-hybridized carbons (Fsp3) is 0.0167. The molecular formula is C60H37N3. The molecule has 3 nitrogen and oxygen atoms in total. The van der Waals surface area contributed by atoms with Crippen molar-refractivity contribution in [3.63, 3.8) is 0 Å². The average Bonchev–Trinajstić information content (AvgIpc) is 3.87. The number of hydrogen-bond donors (Lipinski definition) is 0. The topological polar surface area (TPSA) is 22.8 Å². The smallest absolute Gasteiger partial charge is 0.146 e. The van der Waals surface area contributed by atoms with Gasteiger partial charge in [0.15, 0.2) is 0 Å². The summed E-state index contributed by atoms with van der Waals surface area (Å²) in [5, 5.41) is 18.5. The van der Waals surface area contributed by atoms with Gasteiger partial charge in [0.25, 0.3) is 0 Å². The van der Waals surface area contributed by atoms with Gasteiger partial charge in [-0.3, -0.25) is 4.57 Å². The molecule has 0 saturated heterocycles. The van der Waals surface area contributed by atoms with E-state index in [1.165, 1.54) is 86.6 Å². The molecule has 0 bridgehead atoms. The molecule has 0 fully saturated rings. The van der Waals surface area contributed by atoms with Crippen LogP contribution in [0.15, 0.2) is 206 Å². The van der Waals surface area contributed by atoms with Crippen molar-refractivity contribution in [2.24, 2.45) is 0 Å². The van der Waals surface area contributed by atoms with Crippen molar-refractivity contribution in [3.05, 3.63) is 212 Å². The third-order valence-electron chi connectivity index (χ3n) is 13.8. The summed E-state index contributed by atoms with van der Waals surface area (Å²) in [6.45, 7) is 2.30. The minimum Gasteiger partial charge on any atom is -0.309 e. The molecule has 292 valence electrons. The van der Waals surface area contributed by atoms with Crippen LogP contribution in [0.5, 0.6) is 0 Å². The molecule has 14 aromatic rings. The second-order valence-electron chi connectivity index (χ2n) is 17.0. The minimum atomic E-state index is 0.933. The Morgan fingerprint density at radius 1 is 0.333 bits per heavy atom. The Kier molecular flexibility index (Phi) is 7.04. The highest BCUT2D eigenvalue weighted by Crippen LogP contribution is 2.48. The Labute approximate surface area is 362 Å². The van der Waals surface area contributed by atoms with E-state index in [1.54, 1.807) is 0 Å². The Morgan fingerprint density at radius 2 is 0.857 bits per heavy atom. The number of nitrogens with zero attached hydrogens (tertiary/aromatic N) is 3. The molecule has 0 unspecified atom stereocenters. The van der Waals surface area contributed by atoms with Crippen LogP contribution >= 0.6 is 0 Å². The maximum atomic E-state index is 5.91. The molecule has 14 rings (SSSR count). The summed E-state index contributed by atoms with van der Waals surface area (Å²) in [7, 11) is 0. The molecule has 11 aromatic carbocycles. The summed E-state index contributed by atoms with van der Waals surface area (Å²) in [6, 6.07) is 75.8. The van der Waals surface area contributed by atoms with Crippen LogP contribution in [0.25, 0.3) is 131 Å². The van der Waals surface area contributed by atoms with Crippen LogP contribution in [0.2, 0.25) is 0 Å². The Balaban J connectivity index is 1.18. The second-order valence-corrected chi connectivity index (χ2v) is 17.0. The van der Waals surface area contributed by atoms with E-state index in [0.29, 0.717) is 0 Å². The molecule has 0 amide bonds. The van der Waals surface area contributed by atoms with Crippen molar-refractivity contribution in [3.8, 4) is 22.6 Å². The molecule has 0 radical (unpaired) electrons. The number of aryl methyl sites for hydroxylation is 1. The number of fused-ring (bicyclic) bond motifs is 18. The molecule has 0 aliphatic rings. The van der Waals surface area contributed by atoms with Crippen molar-refractivity contribution in [2.75, 3.05) is 0 Å². The molecule has 0 spiro atoms. The molecule has 0 aliphatic carbocycles. The first-order valence-corrected chi connectivity index (χ1v) is 21.8. The van der Waals surface area contributed by atoms with Gasteiger partial charge in [-0.1, -0.05) is 164 Å². The normalized spacial score (nSPS) is 12.2. The van der Waals surface area contributed by atoms with E-state index in [9.17, 15) is 0 Å². The molecule has 0 atom stereocenters. The van der Waals surface area contributed by atoms with Gasteiger partial charge in [-0.2, -0.15) is 0 Å². The minimum absolute atomic E-state index is 0.933. The third-order valence-corrected chi connectivity index (χ3v) is 13.8. The van der Waals surface area contributed by atoms with Crippen LogP contribution in [0.4, 0.5) is 0 Å². The molecule has 0 aliphatic heterocycles. The first-order valence-electron chi connectivity index (χ1n) is 21.8. The third kappa shape index (κ3) is 4.71. The fourth-order valence-electron chi connectivity index (χ4n) is 11.1. The lowest BCUT2D eigenvalue weighted by Crippen LogP contribution is -2.04. The lowest BCUT2D eigenvalue weighted by atomic mass is 9.91. The van der Waals surface area contributed by atoms with Gasteiger partial charge in [0.1, 0.15) is 5.82 Å². The van der Waals surface area contributed by atoms with E-state index in [0.717, 1.165) is 50.0 Å². The van der Waals surface area contributed by atoms with Gasteiger partial charge >= 0.3 is 0 Å². The van der Waals surface area contributed by atoms with Gasteiger partial charge < -0.3 is 4.57 Å². The Bertz CT molecular complexity index is 4230. The van der Waals surface area contributed by atoms with E-state index in [2.05, 4.69) is 222 Å². The molecule has 3 heteroatoms. The fourth-order valence-corrected chi connectivity index (χ4v) is 11.1. The number of rotatable bonds is 3. The summed E-state index contributed by atoms with van der Waals surface area (Å²) in [5.41, 5.74) is 10.3. The van der Waals surface area contributed by atoms with Crippen LogP contribution in [-0.2, 0) is 0 Å². The molecule has 63 heavy (non-hydrogen) atoms. The molecule has 0 saturated carbocycles. The SMILES string of the molecule is Cc1c(-c2ccc3c(c2)c2ccccc2n3-c2ccccc2)c(-n2c3ccc4ccccc4c3c3c4c5ccccc5c5ccccc5c4ccc32)nc2c1ccc1ccccc12. The number of aromatic nitrogens is 3. The maximum Gasteiger partial charge on any atom is 0.146 e. The van der Waals surface area contributed by atoms with Crippen molar-refractivity contribution < 1.29 is 0 Å². The standard InChI is InChI=1S/C60H37N3/c1-36-41-30-27-38-16-6-8-20-43(38)59(41)61-60(55(36)39-29-32-52-50(35-39)47-24-13-14-26-51(47)62(52)40-17-3-2-4-18-40)63-53-33-28-37-15-5-7-19-42(37)57(53)58-54(63)34-31-49-46-23-10-9-21-44(46)45-22-11-12-25-48(45)56(49)58/h2-35H,1H3. The molecule has 0 N–H and O–H groups in total. The molecule has 3 heterocycles. The van der Waals surface area contributed by atoms with Crippen LogP contribution < -0.4 is 0 Å². The van der Waals surface area contributed by atoms with E-state index in [1.807, 2.05) is 0 Å². The predicted molar refractivity (Wildman–Crippen MR) is 268 cm³/mol. The van der Waals surface area contributed by atoms with E-state index >= 15 is 0 Å². The van der Waals surface area contributed by atoms with Crippen molar-refractivity contribution in [1.29, 1.82) is 0 Å². The number of benzene rings is 11. The van der Waals surface area contributed by atoms with Gasteiger partial charge in [-0.15, -0.1) is 0 Å². The lowest BCUT2D eigenvalue weighted by Gasteiger charge is -2.19. The van der Waals surface area contributed by atoms with Crippen LogP contribution in [0, 0.1) is 6.92 Å². The second kappa shape index (κ2) is 12.9. The summed E-state index contributed by atoms with van der Waals surface area (Å²) in [5.74, 6) is 0.933. The quantitative estimate of drug-likeness (QED) is 0.163. The van der Waals surface area contributed by atoms with Gasteiger partial charge in [-0.05, 0) is 104 Å². The van der Waals surface area contributed by atoms with E-state index < -0.39 is 0 Å². The number of hydrogen-bond acceptors (Lipinski definition) is 1. The predicted octanol–water partition coefficient (Wildman–Crippen LogP) is 16.2. The lowest BCUT2D eigenvalue weighted by molar-refractivity contribution is 1.10. The van der Waals surface area contributed by atoms with Crippen molar-refractivity contribution in [2.45, 2.75) is 6.92 Å². The number of pyridine rings is 1. The first kappa shape index (κ1) is 34.4. The summed E-state index contributed by atoms with van der Waals surface area (Å²) >= 11 is 0. The zero-order valence-corrected chi connectivity index (χ0v) is 34.5. The zero-order chi connectivity index (χ0) is 41.3. The van der Waals surface area contributed by atoms with Gasteiger partial charge in [0.2, 0.25) is 0 Å². The molecule has 3 aromatic heterocycles. The zero-order valence-electron chi connectivity index (χ0n) is 34.5. The summed E-state index contributed by atoms with van der Waals surface area (Å²) < 4.78 is 4.88. The molecular weight excluding hydrogens is 763 g/mol. The van der Waals surface area contributed by atoms with Gasteiger partial charge in [0, 0.05) is 49.0 Å². The van der Waals surface area contributed by atoms with Gasteiger partial charge in [-0.25, -0.2) is 4.98 Å². The van der Waals surface area contributed by atoms with Gasteiger partial charge in [0.05, 0.1) is 27.6 Å². The largest absolute Gasteiger partial charge is 0.309 e. The Morgan fingerprint density at radius 3 is 1.63 bits per heavy atom. The summed E-state index contributed by atoms with van der Waals surface area (Å²) in [4.78, 5) is 5.91. The monoisotopic (exact) mass is 799 g/mol. The van der Waals surface area contributed by atoms with Crippen LogP contribution in [-0.4, -0.2) is 14.1 Å². The highest BCUT2D eigenvalue weighted by molar-refractivity contribution is 6.38. The average molecular weight is 800 g/mol. The first-order chi connectivity index (χ1) is 31.2. The highest BCUT2D eigenvalue weighted by atomic mass is 15.1. The Hall–Kier alpha value is -8.27.